The summed E-state index contributed by atoms with van der Waals surface area (Å²) in [7, 11) is 0. The average molecular weight is 282 g/mol. The first-order valence-corrected chi connectivity index (χ1v) is 6.77. The van der Waals surface area contributed by atoms with Gasteiger partial charge in [-0.1, -0.05) is 11.6 Å². The predicted octanol–water partition coefficient (Wildman–Crippen LogP) is 1.25. The van der Waals surface area contributed by atoms with Crippen LogP contribution in [0.5, 0.6) is 0 Å². The fourth-order valence-electron chi connectivity index (χ4n) is 2.64. The van der Waals surface area contributed by atoms with E-state index in [9.17, 15) is 9.90 Å². The van der Waals surface area contributed by atoms with Crippen molar-refractivity contribution in [3.63, 3.8) is 0 Å². The number of piperidine rings is 1. The van der Waals surface area contributed by atoms with Crippen LogP contribution in [0.3, 0.4) is 0 Å². The third-order valence-corrected chi connectivity index (χ3v) is 4.10. The van der Waals surface area contributed by atoms with E-state index in [4.69, 9.17) is 17.3 Å². The molecule has 5 nitrogen and oxygen atoms in total. The number of carbonyl (C=O) groups is 1. The van der Waals surface area contributed by atoms with Gasteiger partial charge in [0.2, 0.25) is 5.91 Å². The zero-order valence-electron chi connectivity index (χ0n) is 10.4. The van der Waals surface area contributed by atoms with Gasteiger partial charge >= 0.3 is 0 Å². The van der Waals surface area contributed by atoms with E-state index >= 15 is 0 Å². The summed E-state index contributed by atoms with van der Waals surface area (Å²) in [5, 5.41) is 12.9. The number of rotatable bonds is 1. The molecule has 1 unspecified atom stereocenters. The van der Waals surface area contributed by atoms with Crippen LogP contribution in [0, 0.1) is 0 Å². The van der Waals surface area contributed by atoms with Gasteiger partial charge in [-0.15, -0.1) is 0 Å². The van der Waals surface area contributed by atoms with Gasteiger partial charge in [0.1, 0.15) is 6.04 Å². The van der Waals surface area contributed by atoms with Crippen LogP contribution in [-0.2, 0) is 4.79 Å². The summed E-state index contributed by atoms with van der Waals surface area (Å²) in [5.41, 5.74) is 8.16. The van der Waals surface area contributed by atoms with Gasteiger partial charge in [0, 0.05) is 24.3 Å². The van der Waals surface area contributed by atoms with Crippen LogP contribution in [-0.4, -0.2) is 30.2 Å². The number of nitrogens with two attached hydrogens (primary N) is 1. The van der Waals surface area contributed by atoms with Crippen molar-refractivity contribution in [2.24, 2.45) is 5.73 Å². The van der Waals surface area contributed by atoms with Crippen molar-refractivity contribution < 1.29 is 9.90 Å². The maximum absolute atomic E-state index is 11.5. The van der Waals surface area contributed by atoms with Crippen LogP contribution in [0.4, 0.5) is 11.4 Å². The first-order chi connectivity index (χ1) is 9.06. The molecule has 0 bridgehead atoms. The van der Waals surface area contributed by atoms with Crippen molar-refractivity contribution in [1.82, 2.24) is 0 Å². The average Bonchev–Trinajstić information content (AvgIpc) is 2.66. The molecule has 0 radical (unpaired) electrons. The highest BCUT2D eigenvalue weighted by Crippen LogP contribution is 2.38. The van der Waals surface area contributed by atoms with Gasteiger partial charge in [-0.25, -0.2) is 0 Å². The van der Waals surface area contributed by atoms with Crippen LogP contribution >= 0.6 is 11.6 Å². The molecule has 1 aromatic rings. The molecule has 1 fully saturated rings. The molecule has 2 heterocycles. The van der Waals surface area contributed by atoms with E-state index in [1.165, 1.54) is 0 Å². The molecule has 2 aliphatic heterocycles. The maximum Gasteiger partial charge on any atom is 0.245 e. The zero-order chi connectivity index (χ0) is 13.6. The smallest absolute Gasteiger partial charge is 0.245 e. The second-order valence-corrected chi connectivity index (χ2v) is 5.48. The molecule has 1 amide bonds. The molecule has 3 rings (SSSR count). The Morgan fingerprint density at radius 3 is 2.74 bits per heavy atom. The number of amides is 1. The molecule has 1 saturated heterocycles. The minimum absolute atomic E-state index is 0.197. The lowest BCUT2D eigenvalue weighted by Gasteiger charge is -2.32. The summed E-state index contributed by atoms with van der Waals surface area (Å²) in [6.45, 7) is 1.53. The molecule has 19 heavy (non-hydrogen) atoms. The largest absolute Gasteiger partial charge is 0.393 e. The number of carbonyl (C=O) groups excluding carboxylic acids is 1. The van der Waals surface area contributed by atoms with E-state index in [0.717, 1.165) is 42.9 Å². The van der Waals surface area contributed by atoms with E-state index in [2.05, 4.69) is 10.2 Å². The molecule has 0 saturated carbocycles. The lowest BCUT2D eigenvalue weighted by atomic mass is 10.0. The minimum atomic E-state index is -0.635. The fraction of sp³-hybridized carbons (Fsp3) is 0.462. The molecule has 4 N–H and O–H groups in total. The van der Waals surface area contributed by atoms with Crippen LogP contribution in [0.1, 0.15) is 24.4 Å². The number of nitrogens with zero attached hydrogens (tertiary/aromatic N) is 1. The Morgan fingerprint density at radius 2 is 2.05 bits per heavy atom. The number of benzene rings is 1. The quantitative estimate of drug-likeness (QED) is 0.724. The number of fused-ring (bicyclic) bond motifs is 1. The first-order valence-electron chi connectivity index (χ1n) is 6.39. The summed E-state index contributed by atoms with van der Waals surface area (Å²) in [4.78, 5) is 13.7. The van der Waals surface area contributed by atoms with Crippen molar-refractivity contribution in [3.05, 3.63) is 22.7 Å². The highest BCUT2D eigenvalue weighted by atomic mass is 35.5. The van der Waals surface area contributed by atoms with E-state index in [1.54, 1.807) is 6.07 Å². The molecule has 0 spiro atoms. The number of anilines is 2. The number of hydrogen-bond donors (Lipinski definition) is 3. The summed E-state index contributed by atoms with van der Waals surface area (Å²) in [5.74, 6) is -0.197. The highest BCUT2D eigenvalue weighted by molar-refractivity contribution is 6.33. The Morgan fingerprint density at radius 1 is 1.37 bits per heavy atom. The highest BCUT2D eigenvalue weighted by Gasteiger charge is 2.29. The third kappa shape index (κ3) is 2.18. The fourth-order valence-corrected chi connectivity index (χ4v) is 2.94. The Hall–Kier alpha value is -1.30. The Bertz CT molecular complexity index is 527. The van der Waals surface area contributed by atoms with Crippen LogP contribution in [0.25, 0.3) is 0 Å². The van der Waals surface area contributed by atoms with Crippen molar-refractivity contribution in [2.45, 2.75) is 25.0 Å². The zero-order valence-corrected chi connectivity index (χ0v) is 11.2. The van der Waals surface area contributed by atoms with Crippen molar-refractivity contribution >= 4 is 28.9 Å². The number of aliphatic hydroxyl groups excluding tert-OH is 1. The third-order valence-electron chi connectivity index (χ3n) is 3.80. The van der Waals surface area contributed by atoms with Gasteiger partial charge in [-0.2, -0.15) is 0 Å². The molecule has 0 aliphatic carbocycles. The van der Waals surface area contributed by atoms with Gasteiger partial charge in [-0.05, 0) is 25.0 Å². The SMILES string of the molecule is NC1C(=O)Nc2cc(N3CCC(O)CC3)c(Cl)cc21. The minimum Gasteiger partial charge on any atom is -0.393 e. The number of aliphatic hydroxyl groups is 1. The molecule has 2 aliphatic rings. The Labute approximate surface area is 116 Å². The number of hydrogen-bond acceptors (Lipinski definition) is 4. The first kappa shape index (κ1) is 12.7. The number of nitrogens with one attached hydrogen (secondary N) is 1. The van der Waals surface area contributed by atoms with Crippen molar-refractivity contribution in [3.8, 4) is 0 Å². The monoisotopic (exact) mass is 281 g/mol. The topological polar surface area (TPSA) is 78.6 Å². The Balaban J connectivity index is 1.92. The summed E-state index contributed by atoms with van der Waals surface area (Å²) >= 11 is 6.29. The molecular weight excluding hydrogens is 266 g/mol. The summed E-state index contributed by atoms with van der Waals surface area (Å²) in [6.07, 6.45) is 1.25. The van der Waals surface area contributed by atoms with Gasteiger partial charge in [-0.3, -0.25) is 4.79 Å². The molecular formula is C13H16ClN3O2. The lowest BCUT2D eigenvalue weighted by Crippen LogP contribution is -2.35. The van der Waals surface area contributed by atoms with E-state index in [0.29, 0.717) is 5.02 Å². The van der Waals surface area contributed by atoms with Gasteiger partial charge in [0.25, 0.3) is 0 Å². The van der Waals surface area contributed by atoms with Crippen LogP contribution < -0.4 is 16.0 Å². The summed E-state index contributed by atoms with van der Waals surface area (Å²) < 4.78 is 0. The molecule has 6 heteroatoms. The Kier molecular flexibility index (Phi) is 3.12. The maximum atomic E-state index is 11.5. The van der Waals surface area contributed by atoms with Crippen LogP contribution in [0.2, 0.25) is 5.02 Å². The predicted molar refractivity (Wildman–Crippen MR) is 74.5 cm³/mol. The van der Waals surface area contributed by atoms with Crippen LogP contribution in [0.15, 0.2) is 12.1 Å². The standard InChI is InChI=1S/C13H16ClN3O2/c14-9-5-8-10(16-13(19)12(8)15)6-11(9)17-3-1-7(18)2-4-17/h5-7,12,18H,1-4,15H2,(H,16,19). The molecule has 1 aromatic carbocycles. The van der Waals surface area contributed by atoms with E-state index < -0.39 is 6.04 Å². The van der Waals surface area contributed by atoms with Gasteiger partial charge < -0.3 is 21.1 Å². The molecule has 0 aromatic heterocycles. The summed E-state index contributed by atoms with van der Waals surface area (Å²) in [6, 6.07) is 3.00. The van der Waals surface area contributed by atoms with E-state index in [-0.39, 0.29) is 12.0 Å². The second kappa shape index (κ2) is 4.67. The molecule has 102 valence electrons. The van der Waals surface area contributed by atoms with Crippen molar-refractivity contribution in [1.29, 1.82) is 0 Å². The molecule has 1 atom stereocenters. The number of halogens is 1. The van der Waals surface area contributed by atoms with Gasteiger partial charge in [0.15, 0.2) is 0 Å². The lowest BCUT2D eigenvalue weighted by molar-refractivity contribution is -0.116. The van der Waals surface area contributed by atoms with Crippen molar-refractivity contribution in [2.75, 3.05) is 23.3 Å². The second-order valence-electron chi connectivity index (χ2n) is 5.08. The van der Waals surface area contributed by atoms with Gasteiger partial charge in [0.05, 0.1) is 16.8 Å². The van der Waals surface area contributed by atoms with E-state index in [1.807, 2.05) is 6.07 Å². The normalized spacial score (nSPS) is 23.4.